The van der Waals surface area contributed by atoms with Gasteiger partial charge in [0.15, 0.2) is 5.78 Å². The van der Waals surface area contributed by atoms with E-state index in [9.17, 15) is 4.79 Å². The molecule has 0 spiro atoms. The smallest absolute Gasteiger partial charge is 0.176 e. The van der Waals surface area contributed by atoms with Gasteiger partial charge in [-0.1, -0.05) is 13.8 Å². The zero-order valence-electron chi connectivity index (χ0n) is 14.2. The number of benzene rings is 1. The number of nitrogens with zero attached hydrogens (tertiary/aromatic N) is 1. The van der Waals surface area contributed by atoms with Crippen LogP contribution in [0.5, 0.6) is 5.75 Å². The van der Waals surface area contributed by atoms with Gasteiger partial charge < -0.3 is 10.1 Å². The maximum Gasteiger partial charge on any atom is 0.176 e. The maximum absolute atomic E-state index is 12.5. The second-order valence-electron chi connectivity index (χ2n) is 6.63. The fourth-order valence-corrected chi connectivity index (χ4v) is 2.77. The number of carbonyl (C=O) groups excluding carboxylic acids is 1. The standard InChI is InChI=1S/C18H28N2O2/c1-5-9-20(10-6-2)12-16(21)14-7-8-17-15(11-14)19-13-18(3,4)22-17/h7-8,11,19H,5-6,9-10,12-13H2,1-4H3. The molecule has 122 valence electrons. The molecule has 1 aliphatic rings. The molecule has 0 saturated heterocycles. The molecule has 0 fully saturated rings. The minimum atomic E-state index is -0.211. The second-order valence-corrected chi connectivity index (χ2v) is 6.63. The van der Waals surface area contributed by atoms with Crippen LogP contribution < -0.4 is 10.1 Å². The predicted octanol–water partition coefficient (Wildman–Crippen LogP) is 3.57. The van der Waals surface area contributed by atoms with Crippen LogP contribution in [0.2, 0.25) is 0 Å². The van der Waals surface area contributed by atoms with E-state index in [-0.39, 0.29) is 11.4 Å². The second kappa shape index (κ2) is 7.14. The molecule has 0 bridgehead atoms. The van der Waals surface area contributed by atoms with Crippen LogP contribution in [0.3, 0.4) is 0 Å². The third kappa shape index (κ3) is 4.23. The van der Waals surface area contributed by atoms with Crippen LogP contribution in [0.15, 0.2) is 18.2 Å². The molecule has 0 amide bonds. The average Bonchev–Trinajstić information content (AvgIpc) is 2.46. The number of anilines is 1. The van der Waals surface area contributed by atoms with Crippen molar-refractivity contribution in [2.45, 2.75) is 46.1 Å². The lowest BCUT2D eigenvalue weighted by atomic mass is 10.0. The van der Waals surface area contributed by atoms with Gasteiger partial charge in [-0.15, -0.1) is 0 Å². The summed E-state index contributed by atoms with van der Waals surface area (Å²) in [6.45, 7) is 11.6. The molecule has 4 heteroatoms. The zero-order chi connectivity index (χ0) is 16.2. The number of ketones is 1. The molecule has 0 unspecified atom stereocenters. The number of hydrogen-bond acceptors (Lipinski definition) is 4. The Hall–Kier alpha value is -1.55. The molecule has 1 heterocycles. The summed E-state index contributed by atoms with van der Waals surface area (Å²) in [5.74, 6) is 1.00. The van der Waals surface area contributed by atoms with Gasteiger partial charge in [0.25, 0.3) is 0 Å². The van der Waals surface area contributed by atoms with Crippen LogP contribution in [0.25, 0.3) is 0 Å². The quantitative estimate of drug-likeness (QED) is 0.782. The van der Waals surface area contributed by atoms with Crippen LogP contribution in [0.4, 0.5) is 5.69 Å². The van der Waals surface area contributed by atoms with E-state index in [0.717, 1.165) is 49.5 Å². The van der Waals surface area contributed by atoms with Gasteiger partial charge in [-0.05, 0) is 58.0 Å². The first-order valence-electron chi connectivity index (χ1n) is 8.27. The molecule has 2 rings (SSSR count). The monoisotopic (exact) mass is 304 g/mol. The normalized spacial score (nSPS) is 15.9. The van der Waals surface area contributed by atoms with Gasteiger partial charge in [0.2, 0.25) is 0 Å². The van der Waals surface area contributed by atoms with Crippen LogP contribution >= 0.6 is 0 Å². The van der Waals surface area contributed by atoms with Crippen molar-refractivity contribution >= 4 is 11.5 Å². The number of ether oxygens (including phenoxy) is 1. The molecular formula is C18H28N2O2. The van der Waals surface area contributed by atoms with Crippen molar-refractivity contribution in [1.82, 2.24) is 4.90 Å². The number of rotatable bonds is 7. The Balaban J connectivity index is 2.08. The van der Waals surface area contributed by atoms with Crippen LogP contribution in [-0.2, 0) is 0 Å². The third-order valence-corrected chi connectivity index (χ3v) is 3.84. The summed E-state index contributed by atoms with van der Waals surface area (Å²) in [6.07, 6.45) is 2.14. The van der Waals surface area contributed by atoms with Crippen LogP contribution in [-0.4, -0.2) is 42.5 Å². The van der Waals surface area contributed by atoms with E-state index in [2.05, 4.69) is 37.9 Å². The van der Waals surface area contributed by atoms with Gasteiger partial charge >= 0.3 is 0 Å². The number of Topliss-reactive ketones (excluding diaryl/α,β-unsaturated/α-hetero) is 1. The lowest BCUT2D eigenvalue weighted by molar-refractivity contribution is 0.0930. The number of hydrogen-bond donors (Lipinski definition) is 1. The van der Waals surface area contributed by atoms with Gasteiger partial charge in [0.05, 0.1) is 18.8 Å². The maximum atomic E-state index is 12.5. The minimum Gasteiger partial charge on any atom is -0.484 e. The first-order chi connectivity index (χ1) is 10.4. The summed E-state index contributed by atoms with van der Waals surface area (Å²) < 4.78 is 5.93. The van der Waals surface area contributed by atoms with Gasteiger partial charge in [0.1, 0.15) is 11.4 Å². The molecule has 0 aromatic heterocycles. The Morgan fingerprint density at radius 3 is 2.59 bits per heavy atom. The zero-order valence-corrected chi connectivity index (χ0v) is 14.2. The Kier molecular flexibility index (Phi) is 5.46. The molecule has 1 N–H and O–H groups in total. The van der Waals surface area contributed by atoms with E-state index in [0.29, 0.717) is 6.54 Å². The molecule has 1 aliphatic heterocycles. The summed E-state index contributed by atoms with van der Waals surface area (Å²) >= 11 is 0. The molecular weight excluding hydrogens is 276 g/mol. The molecule has 0 atom stereocenters. The van der Waals surface area contributed by atoms with Crippen LogP contribution in [0.1, 0.15) is 50.9 Å². The van der Waals surface area contributed by atoms with Gasteiger partial charge in [-0.2, -0.15) is 0 Å². The average molecular weight is 304 g/mol. The topological polar surface area (TPSA) is 41.6 Å². The fourth-order valence-electron chi connectivity index (χ4n) is 2.77. The summed E-state index contributed by atoms with van der Waals surface area (Å²) in [4.78, 5) is 14.7. The van der Waals surface area contributed by atoms with Crippen molar-refractivity contribution in [3.05, 3.63) is 23.8 Å². The number of fused-ring (bicyclic) bond motifs is 1. The summed E-state index contributed by atoms with van der Waals surface area (Å²) in [5.41, 5.74) is 1.46. The minimum absolute atomic E-state index is 0.177. The predicted molar refractivity (Wildman–Crippen MR) is 91.0 cm³/mol. The summed E-state index contributed by atoms with van der Waals surface area (Å²) in [7, 11) is 0. The van der Waals surface area contributed by atoms with Crippen molar-refractivity contribution in [3.8, 4) is 5.75 Å². The van der Waals surface area contributed by atoms with E-state index < -0.39 is 0 Å². The lowest BCUT2D eigenvalue weighted by Crippen LogP contribution is -2.40. The third-order valence-electron chi connectivity index (χ3n) is 3.84. The van der Waals surface area contributed by atoms with Gasteiger partial charge in [-0.3, -0.25) is 9.69 Å². The van der Waals surface area contributed by atoms with E-state index in [1.165, 1.54) is 0 Å². The van der Waals surface area contributed by atoms with Gasteiger partial charge in [0, 0.05) is 5.56 Å². The molecule has 1 aromatic carbocycles. The van der Waals surface area contributed by atoms with E-state index in [1.807, 2.05) is 18.2 Å². The lowest BCUT2D eigenvalue weighted by Gasteiger charge is -2.33. The summed E-state index contributed by atoms with van der Waals surface area (Å²) in [5, 5.41) is 3.36. The van der Waals surface area contributed by atoms with E-state index >= 15 is 0 Å². The molecule has 22 heavy (non-hydrogen) atoms. The Bertz CT molecular complexity index is 520. The largest absolute Gasteiger partial charge is 0.484 e. The Morgan fingerprint density at radius 1 is 1.27 bits per heavy atom. The first kappa shape index (κ1) is 16.8. The molecule has 1 aromatic rings. The highest BCUT2D eigenvalue weighted by Gasteiger charge is 2.26. The van der Waals surface area contributed by atoms with Crippen molar-refractivity contribution in [1.29, 1.82) is 0 Å². The van der Waals surface area contributed by atoms with E-state index in [4.69, 9.17) is 4.74 Å². The van der Waals surface area contributed by atoms with Gasteiger partial charge in [-0.25, -0.2) is 0 Å². The summed E-state index contributed by atoms with van der Waals surface area (Å²) in [6, 6.07) is 5.70. The number of nitrogens with one attached hydrogen (secondary N) is 1. The van der Waals surface area contributed by atoms with Crippen molar-refractivity contribution in [2.24, 2.45) is 0 Å². The van der Waals surface area contributed by atoms with Crippen LogP contribution in [0, 0.1) is 0 Å². The molecule has 0 aliphatic carbocycles. The fraction of sp³-hybridized carbons (Fsp3) is 0.611. The molecule has 0 saturated carbocycles. The highest BCUT2D eigenvalue weighted by molar-refractivity contribution is 5.98. The SMILES string of the molecule is CCCN(CCC)CC(=O)c1ccc2c(c1)NCC(C)(C)O2. The first-order valence-corrected chi connectivity index (χ1v) is 8.27. The highest BCUT2D eigenvalue weighted by Crippen LogP contribution is 2.33. The molecule has 0 radical (unpaired) electrons. The Labute approximate surface area is 133 Å². The molecule has 4 nitrogen and oxygen atoms in total. The Morgan fingerprint density at radius 2 is 1.95 bits per heavy atom. The number of carbonyl (C=O) groups is 1. The van der Waals surface area contributed by atoms with Crippen molar-refractivity contribution in [3.63, 3.8) is 0 Å². The highest BCUT2D eigenvalue weighted by atomic mass is 16.5. The van der Waals surface area contributed by atoms with Crippen molar-refractivity contribution in [2.75, 3.05) is 31.5 Å². The van der Waals surface area contributed by atoms with Crippen molar-refractivity contribution < 1.29 is 9.53 Å². The van der Waals surface area contributed by atoms with E-state index in [1.54, 1.807) is 0 Å².